The van der Waals surface area contributed by atoms with Crippen LogP contribution in [0.5, 0.6) is 0 Å². The molecule has 1 heterocycles. The SMILES string of the molecule is Cc1ccc(C(NS(=O)(=O)c2ccc3c(c2)sc(=O)n3Cc2ccc(Cl)cc2)c2ccccc2)cc1. The van der Waals surface area contributed by atoms with Crippen molar-refractivity contribution in [3.63, 3.8) is 0 Å². The summed E-state index contributed by atoms with van der Waals surface area (Å²) < 4.78 is 32.2. The van der Waals surface area contributed by atoms with Gasteiger partial charge in [-0.2, -0.15) is 4.72 Å². The van der Waals surface area contributed by atoms with Gasteiger partial charge in [-0.1, -0.05) is 95.2 Å². The fraction of sp³-hybridized carbons (Fsp3) is 0.107. The van der Waals surface area contributed by atoms with Gasteiger partial charge in [0.25, 0.3) is 0 Å². The number of benzene rings is 4. The van der Waals surface area contributed by atoms with Crippen molar-refractivity contribution in [1.29, 1.82) is 0 Å². The van der Waals surface area contributed by atoms with Crippen LogP contribution in [0.4, 0.5) is 0 Å². The molecule has 4 aromatic carbocycles. The molecule has 0 fully saturated rings. The Bertz CT molecular complexity index is 1680. The van der Waals surface area contributed by atoms with Gasteiger partial charge in [0.2, 0.25) is 10.0 Å². The summed E-state index contributed by atoms with van der Waals surface area (Å²) in [5.74, 6) is 0. The lowest BCUT2D eigenvalue weighted by atomic mass is 9.99. The minimum Gasteiger partial charge on any atom is -0.294 e. The number of rotatable bonds is 7. The zero-order chi connectivity index (χ0) is 25.3. The molecule has 1 aromatic heterocycles. The Morgan fingerprint density at radius 3 is 2.25 bits per heavy atom. The number of aryl methyl sites for hydroxylation is 1. The summed E-state index contributed by atoms with van der Waals surface area (Å²) in [6.45, 7) is 2.37. The third kappa shape index (κ3) is 5.15. The molecule has 0 amide bonds. The van der Waals surface area contributed by atoms with E-state index in [0.29, 0.717) is 21.8 Å². The molecular formula is C28H23ClN2O3S2. The first-order chi connectivity index (χ1) is 17.3. The minimum absolute atomic E-state index is 0.114. The predicted molar refractivity (Wildman–Crippen MR) is 146 cm³/mol. The average molecular weight is 535 g/mol. The van der Waals surface area contributed by atoms with E-state index in [4.69, 9.17) is 11.6 Å². The largest absolute Gasteiger partial charge is 0.308 e. The van der Waals surface area contributed by atoms with E-state index in [-0.39, 0.29) is 9.77 Å². The number of nitrogens with zero attached hydrogens (tertiary/aromatic N) is 1. The van der Waals surface area contributed by atoms with Gasteiger partial charge in [0, 0.05) is 5.02 Å². The summed E-state index contributed by atoms with van der Waals surface area (Å²) in [6, 6.07) is 28.8. The summed E-state index contributed by atoms with van der Waals surface area (Å²) >= 11 is 7.01. The average Bonchev–Trinajstić information content (AvgIpc) is 3.19. The summed E-state index contributed by atoms with van der Waals surface area (Å²) in [6.07, 6.45) is 0. The van der Waals surface area contributed by atoms with Crippen molar-refractivity contribution in [1.82, 2.24) is 9.29 Å². The zero-order valence-electron chi connectivity index (χ0n) is 19.4. The Labute approximate surface area is 218 Å². The van der Waals surface area contributed by atoms with E-state index >= 15 is 0 Å². The number of hydrogen-bond donors (Lipinski definition) is 1. The second kappa shape index (κ2) is 10.0. The molecule has 1 unspecified atom stereocenters. The molecule has 0 saturated heterocycles. The quantitative estimate of drug-likeness (QED) is 0.272. The normalized spacial score (nSPS) is 12.6. The van der Waals surface area contributed by atoms with Crippen molar-refractivity contribution in [3.8, 4) is 0 Å². The molecule has 0 saturated carbocycles. The topological polar surface area (TPSA) is 68.2 Å². The highest BCUT2D eigenvalue weighted by Gasteiger charge is 2.24. The van der Waals surface area contributed by atoms with Gasteiger partial charge in [0.1, 0.15) is 0 Å². The van der Waals surface area contributed by atoms with Crippen LogP contribution in [0.2, 0.25) is 5.02 Å². The van der Waals surface area contributed by atoms with Gasteiger partial charge >= 0.3 is 4.87 Å². The maximum Gasteiger partial charge on any atom is 0.308 e. The molecule has 0 bridgehead atoms. The van der Waals surface area contributed by atoms with Crippen LogP contribution in [-0.2, 0) is 16.6 Å². The number of thiazole rings is 1. The third-order valence-corrected chi connectivity index (χ3v) is 8.63. The molecule has 0 aliphatic heterocycles. The van der Waals surface area contributed by atoms with Gasteiger partial charge in [-0.3, -0.25) is 9.36 Å². The molecule has 0 aliphatic rings. The number of sulfonamides is 1. The molecular weight excluding hydrogens is 512 g/mol. The molecule has 5 nitrogen and oxygen atoms in total. The molecule has 5 rings (SSSR count). The Kier molecular flexibility index (Phi) is 6.81. The smallest absolute Gasteiger partial charge is 0.294 e. The maximum atomic E-state index is 13.5. The summed E-state index contributed by atoms with van der Waals surface area (Å²) in [7, 11) is -3.89. The van der Waals surface area contributed by atoms with Crippen LogP contribution in [0.3, 0.4) is 0 Å². The first-order valence-electron chi connectivity index (χ1n) is 11.3. The van der Waals surface area contributed by atoms with E-state index in [0.717, 1.165) is 33.6 Å². The van der Waals surface area contributed by atoms with E-state index in [1.165, 1.54) is 0 Å². The lowest BCUT2D eigenvalue weighted by molar-refractivity contribution is 0.572. The highest BCUT2D eigenvalue weighted by atomic mass is 35.5. The molecule has 0 radical (unpaired) electrons. The molecule has 36 heavy (non-hydrogen) atoms. The highest BCUT2D eigenvalue weighted by molar-refractivity contribution is 7.89. The highest BCUT2D eigenvalue weighted by Crippen LogP contribution is 2.27. The fourth-order valence-corrected chi connectivity index (χ4v) is 6.46. The van der Waals surface area contributed by atoms with Crippen molar-refractivity contribution >= 4 is 43.2 Å². The molecule has 0 aliphatic carbocycles. The van der Waals surface area contributed by atoms with Gasteiger partial charge in [0.15, 0.2) is 0 Å². The van der Waals surface area contributed by atoms with Crippen molar-refractivity contribution < 1.29 is 8.42 Å². The first-order valence-corrected chi connectivity index (χ1v) is 14.0. The van der Waals surface area contributed by atoms with Crippen LogP contribution in [0, 0.1) is 6.92 Å². The number of fused-ring (bicyclic) bond motifs is 1. The summed E-state index contributed by atoms with van der Waals surface area (Å²) in [4.78, 5) is 12.7. The number of hydrogen-bond acceptors (Lipinski definition) is 4. The number of halogens is 1. The Hall–Kier alpha value is -3.23. The van der Waals surface area contributed by atoms with Crippen molar-refractivity contribution in [2.45, 2.75) is 24.4 Å². The van der Waals surface area contributed by atoms with Crippen LogP contribution in [0.1, 0.15) is 28.3 Å². The van der Waals surface area contributed by atoms with Crippen molar-refractivity contribution in [2.24, 2.45) is 0 Å². The van der Waals surface area contributed by atoms with Crippen molar-refractivity contribution in [3.05, 3.63) is 134 Å². The second-order valence-corrected chi connectivity index (χ2v) is 11.7. The van der Waals surface area contributed by atoms with Crippen LogP contribution in [0.25, 0.3) is 10.2 Å². The van der Waals surface area contributed by atoms with E-state index in [9.17, 15) is 13.2 Å². The van der Waals surface area contributed by atoms with Crippen LogP contribution in [0.15, 0.2) is 107 Å². The van der Waals surface area contributed by atoms with Gasteiger partial charge in [-0.25, -0.2) is 8.42 Å². The second-order valence-electron chi connectivity index (χ2n) is 8.59. The van der Waals surface area contributed by atoms with Gasteiger partial charge in [-0.15, -0.1) is 0 Å². The molecule has 8 heteroatoms. The van der Waals surface area contributed by atoms with E-state index in [1.807, 2.05) is 73.7 Å². The van der Waals surface area contributed by atoms with Crippen LogP contribution in [-0.4, -0.2) is 13.0 Å². The van der Waals surface area contributed by atoms with Gasteiger partial charge < -0.3 is 0 Å². The zero-order valence-corrected chi connectivity index (χ0v) is 21.8. The summed E-state index contributed by atoms with van der Waals surface area (Å²) in [5, 5.41) is 0.628. The lowest BCUT2D eigenvalue weighted by Gasteiger charge is -2.20. The van der Waals surface area contributed by atoms with Crippen molar-refractivity contribution in [2.75, 3.05) is 0 Å². The van der Waals surface area contributed by atoms with E-state index in [2.05, 4.69) is 4.72 Å². The van der Waals surface area contributed by atoms with Gasteiger partial charge in [0.05, 0.1) is 27.7 Å². The number of aromatic nitrogens is 1. The maximum absolute atomic E-state index is 13.5. The Morgan fingerprint density at radius 1 is 0.889 bits per heavy atom. The Morgan fingerprint density at radius 2 is 1.56 bits per heavy atom. The first kappa shape index (κ1) is 24.5. The van der Waals surface area contributed by atoms with Gasteiger partial charge in [-0.05, 0) is 53.9 Å². The molecule has 5 aromatic rings. The standard InChI is InChI=1S/C28H23ClN2O3S2/c1-19-7-11-22(12-8-19)27(21-5-3-2-4-6-21)30-36(33,34)24-15-16-25-26(17-24)35-28(32)31(25)18-20-9-13-23(29)14-10-20/h2-17,27,30H,18H2,1H3. The predicted octanol–water partition coefficient (Wildman–Crippen LogP) is 6.14. The van der Waals surface area contributed by atoms with E-state index in [1.54, 1.807) is 34.9 Å². The van der Waals surface area contributed by atoms with Crippen LogP contribution < -0.4 is 9.60 Å². The molecule has 182 valence electrons. The van der Waals surface area contributed by atoms with E-state index < -0.39 is 16.1 Å². The number of nitrogens with one attached hydrogen (secondary N) is 1. The third-order valence-electron chi connectivity index (χ3n) is 6.02. The Balaban J connectivity index is 1.49. The van der Waals surface area contributed by atoms with Crippen LogP contribution >= 0.6 is 22.9 Å². The molecule has 0 spiro atoms. The molecule has 1 atom stereocenters. The fourth-order valence-electron chi connectivity index (χ4n) is 4.09. The summed E-state index contributed by atoms with van der Waals surface area (Å²) in [5.41, 5.74) is 4.40. The minimum atomic E-state index is -3.89. The molecule has 1 N–H and O–H groups in total. The monoisotopic (exact) mass is 534 g/mol. The lowest BCUT2D eigenvalue weighted by Crippen LogP contribution is -2.29.